The number of hydrogen-bond donors (Lipinski definition) is 1. The quantitative estimate of drug-likeness (QED) is 0.795. The van der Waals surface area contributed by atoms with Gasteiger partial charge in [-0.15, -0.1) is 11.3 Å². The van der Waals surface area contributed by atoms with Crippen LogP contribution in [0.1, 0.15) is 12.7 Å². The van der Waals surface area contributed by atoms with Crippen LogP contribution in [0.3, 0.4) is 0 Å². The lowest BCUT2D eigenvalue weighted by Crippen LogP contribution is -1.84. The van der Waals surface area contributed by atoms with Gasteiger partial charge >= 0.3 is 0 Å². The summed E-state index contributed by atoms with van der Waals surface area (Å²) in [5, 5.41) is 5.70. The van der Waals surface area contributed by atoms with Gasteiger partial charge in [-0.1, -0.05) is 12.1 Å². The number of nitrogens with two attached hydrogens (primary N) is 1. The molecule has 0 spiro atoms. The van der Waals surface area contributed by atoms with Crippen LogP contribution in [0.4, 0.5) is 5.69 Å². The van der Waals surface area contributed by atoms with E-state index in [-0.39, 0.29) is 0 Å². The molecule has 2 N–H and O–H groups in total. The normalized spacial score (nSPS) is 10.5. The highest BCUT2D eigenvalue weighted by Crippen LogP contribution is 2.29. The Morgan fingerprint density at radius 1 is 1.62 bits per heavy atom. The second-order valence-corrected chi connectivity index (χ2v) is 3.49. The molecule has 0 amide bonds. The highest BCUT2D eigenvalue weighted by Gasteiger charge is 2.11. The van der Waals surface area contributed by atoms with E-state index in [2.05, 4.69) is 10.1 Å². The van der Waals surface area contributed by atoms with Crippen molar-refractivity contribution in [2.45, 2.75) is 13.3 Å². The number of aryl methyl sites for hydroxylation is 1. The molecule has 68 valence electrons. The van der Waals surface area contributed by atoms with E-state index in [4.69, 9.17) is 10.3 Å². The van der Waals surface area contributed by atoms with Gasteiger partial charge in [-0.05, 0) is 11.4 Å². The molecule has 0 aromatic carbocycles. The van der Waals surface area contributed by atoms with Gasteiger partial charge in [0.25, 0.3) is 5.89 Å². The summed E-state index contributed by atoms with van der Waals surface area (Å²) >= 11 is 1.51. The van der Waals surface area contributed by atoms with Crippen LogP contribution < -0.4 is 5.73 Å². The van der Waals surface area contributed by atoms with E-state index in [1.807, 2.05) is 18.4 Å². The minimum absolute atomic E-state index is 0.518. The first kappa shape index (κ1) is 8.25. The zero-order valence-corrected chi connectivity index (χ0v) is 7.97. The van der Waals surface area contributed by atoms with E-state index in [0.29, 0.717) is 17.4 Å². The predicted molar refractivity (Wildman–Crippen MR) is 51.4 cm³/mol. The molecule has 2 aromatic heterocycles. The second-order valence-electron chi connectivity index (χ2n) is 2.57. The molecule has 2 aromatic rings. The molecule has 2 rings (SSSR count). The summed E-state index contributed by atoms with van der Waals surface area (Å²) in [6.07, 6.45) is 0.773. The fraction of sp³-hybridized carbons (Fsp3) is 0.250. The SMILES string of the molecule is CCc1noc(-c2sccc2N)n1. The van der Waals surface area contributed by atoms with Crippen LogP contribution in [0.25, 0.3) is 10.8 Å². The van der Waals surface area contributed by atoms with Crippen molar-refractivity contribution in [2.24, 2.45) is 0 Å². The van der Waals surface area contributed by atoms with Gasteiger partial charge in [-0.3, -0.25) is 0 Å². The minimum Gasteiger partial charge on any atom is -0.397 e. The molecule has 0 aliphatic heterocycles. The molecular formula is C8H9N3OS. The van der Waals surface area contributed by atoms with Gasteiger partial charge in [-0.2, -0.15) is 4.98 Å². The molecule has 13 heavy (non-hydrogen) atoms. The molecule has 0 aliphatic rings. The Kier molecular flexibility index (Phi) is 2.02. The molecule has 0 unspecified atom stereocenters. The summed E-state index contributed by atoms with van der Waals surface area (Å²) in [4.78, 5) is 5.04. The smallest absolute Gasteiger partial charge is 0.270 e. The van der Waals surface area contributed by atoms with Gasteiger partial charge in [0, 0.05) is 6.42 Å². The van der Waals surface area contributed by atoms with Crippen molar-refractivity contribution in [3.63, 3.8) is 0 Å². The zero-order valence-electron chi connectivity index (χ0n) is 7.15. The molecular weight excluding hydrogens is 186 g/mol. The Morgan fingerprint density at radius 2 is 2.46 bits per heavy atom. The summed E-state index contributed by atoms with van der Waals surface area (Å²) in [5.41, 5.74) is 6.40. The minimum atomic E-state index is 0.518. The highest BCUT2D eigenvalue weighted by molar-refractivity contribution is 7.14. The van der Waals surface area contributed by atoms with Crippen molar-refractivity contribution in [3.8, 4) is 10.8 Å². The summed E-state index contributed by atoms with van der Waals surface area (Å²) in [6, 6.07) is 1.83. The third-order valence-corrected chi connectivity index (χ3v) is 2.59. The molecule has 4 nitrogen and oxygen atoms in total. The summed E-state index contributed by atoms with van der Waals surface area (Å²) in [6.45, 7) is 1.98. The molecule has 0 radical (unpaired) electrons. The van der Waals surface area contributed by atoms with Gasteiger partial charge < -0.3 is 10.3 Å². The fourth-order valence-electron chi connectivity index (χ4n) is 0.983. The van der Waals surface area contributed by atoms with Crippen LogP contribution in [0.5, 0.6) is 0 Å². The van der Waals surface area contributed by atoms with Crippen molar-refractivity contribution in [2.75, 3.05) is 5.73 Å². The Morgan fingerprint density at radius 3 is 3.00 bits per heavy atom. The Labute approximate surface area is 79.4 Å². The van der Waals surface area contributed by atoms with Gasteiger partial charge in [-0.25, -0.2) is 0 Å². The number of hydrogen-bond acceptors (Lipinski definition) is 5. The number of thiophene rings is 1. The van der Waals surface area contributed by atoms with Crippen LogP contribution in [0, 0.1) is 0 Å². The molecule has 0 saturated heterocycles. The summed E-state index contributed by atoms with van der Waals surface area (Å²) < 4.78 is 5.05. The molecule has 5 heteroatoms. The molecule has 0 atom stereocenters. The monoisotopic (exact) mass is 195 g/mol. The van der Waals surface area contributed by atoms with Crippen LogP contribution in [-0.4, -0.2) is 10.1 Å². The van der Waals surface area contributed by atoms with Crippen LogP contribution in [-0.2, 0) is 6.42 Å². The van der Waals surface area contributed by atoms with E-state index in [1.165, 1.54) is 11.3 Å². The number of nitrogens with zero attached hydrogens (tertiary/aromatic N) is 2. The Hall–Kier alpha value is -1.36. The molecule has 2 heterocycles. The lowest BCUT2D eigenvalue weighted by atomic mass is 10.4. The van der Waals surface area contributed by atoms with E-state index < -0.39 is 0 Å². The first-order valence-electron chi connectivity index (χ1n) is 3.97. The molecule has 0 fully saturated rings. The summed E-state index contributed by atoms with van der Waals surface area (Å²) in [7, 11) is 0. The fourth-order valence-corrected chi connectivity index (χ4v) is 1.72. The lowest BCUT2D eigenvalue weighted by molar-refractivity contribution is 0.424. The third-order valence-electron chi connectivity index (χ3n) is 1.67. The number of aromatic nitrogens is 2. The van der Waals surface area contributed by atoms with Crippen molar-refractivity contribution in [1.29, 1.82) is 0 Å². The summed E-state index contributed by atoms with van der Waals surface area (Å²) in [5.74, 6) is 1.23. The van der Waals surface area contributed by atoms with Crippen LogP contribution >= 0.6 is 11.3 Å². The average molecular weight is 195 g/mol. The van der Waals surface area contributed by atoms with Gasteiger partial charge in [0.15, 0.2) is 5.82 Å². The number of anilines is 1. The van der Waals surface area contributed by atoms with Gasteiger partial charge in [0.05, 0.1) is 5.69 Å². The standard InChI is InChI=1S/C8H9N3OS/c1-2-6-10-8(12-11-6)7-5(9)3-4-13-7/h3-4H,2,9H2,1H3. The lowest BCUT2D eigenvalue weighted by Gasteiger charge is -1.88. The Balaban J connectivity index is 2.41. The maximum atomic E-state index is 5.71. The van der Waals surface area contributed by atoms with E-state index in [1.54, 1.807) is 0 Å². The largest absolute Gasteiger partial charge is 0.397 e. The first-order valence-corrected chi connectivity index (χ1v) is 4.85. The average Bonchev–Trinajstić information content (AvgIpc) is 2.71. The Bertz CT molecular complexity index is 407. The molecule has 0 aliphatic carbocycles. The topological polar surface area (TPSA) is 64.9 Å². The van der Waals surface area contributed by atoms with Gasteiger partial charge in [0.2, 0.25) is 0 Å². The van der Waals surface area contributed by atoms with Crippen LogP contribution in [0.15, 0.2) is 16.0 Å². The van der Waals surface area contributed by atoms with E-state index >= 15 is 0 Å². The molecule has 0 bridgehead atoms. The highest BCUT2D eigenvalue weighted by atomic mass is 32.1. The van der Waals surface area contributed by atoms with Crippen molar-refractivity contribution >= 4 is 17.0 Å². The van der Waals surface area contributed by atoms with Crippen molar-refractivity contribution in [1.82, 2.24) is 10.1 Å². The predicted octanol–water partition coefficient (Wildman–Crippen LogP) is 1.94. The van der Waals surface area contributed by atoms with E-state index in [9.17, 15) is 0 Å². The van der Waals surface area contributed by atoms with Gasteiger partial charge in [0.1, 0.15) is 4.88 Å². The molecule has 0 saturated carbocycles. The first-order chi connectivity index (χ1) is 6.31. The zero-order chi connectivity index (χ0) is 9.26. The van der Waals surface area contributed by atoms with Crippen molar-refractivity contribution in [3.05, 3.63) is 17.3 Å². The van der Waals surface area contributed by atoms with Crippen molar-refractivity contribution < 1.29 is 4.52 Å². The van der Waals surface area contributed by atoms with E-state index in [0.717, 1.165) is 11.3 Å². The third kappa shape index (κ3) is 1.42. The maximum Gasteiger partial charge on any atom is 0.270 e. The number of nitrogen functional groups attached to an aromatic ring is 1. The maximum absolute atomic E-state index is 5.71. The second kappa shape index (κ2) is 3.18. The number of rotatable bonds is 2. The van der Waals surface area contributed by atoms with Crippen LogP contribution in [0.2, 0.25) is 0 Å².